The van der Waals surface area contributed by atoms with Gasteiger partial charge in [-0.2, -0.15) is 0 Å². The van der Waals surface area contributed by atoms with Crippen LogP contribution >= 0.6 is 11.6 Å². The van der Waals surface area contributed by atoms with Crippen molar-refractivity contribution in [2.45, 2.75) is 6.04 Å². The van der Waals surface area contributed by atoms with Crippen molar-refractivity contribution in [1.82, 2.24) is 10.6 Å². The van der Waals surface area contributed by atoms with Crippen molar-refractivity contribution >= 4 is 17.6 Å². The monoisotopic (exact) mass is 304 g/mol. The number of urea groups is 1. The first-order valence-corrected chi connectivity index (χ1v) is 7.04. The average Bonchev–Trinajstić information content (AvgIpc) is 2.52. The molecule has 2 rings (SSSR count). The smallest absolute Gasteiger partial charge is 0.315 e. The second kappa shape index (κ2) is 7.67. The van der Waals surface area contributed by atoms with E-state index in [1.165, 1.54) is 0 Å². The first-order chi connectivity index (χ1) is 10.2. The summed E-state index contributed by atoms with van der Waals surface area (Å²) in [5.41, 5.74) is 1.91. The standard InChI is InChI=1S/C16H17ClN2O2/c17-14-8-6-13(7-9-14)15(12-4-2-1-3-5-12)19-16(21)18-10-11-20/h1-9,15,20H,10-11H2,(H2,18,19,21). The number of carbonyl (C=O) groups is 1. The van der Waals surface area contributed by atoms with Crippen molar-refractivity contribution in [3.8, 4) is 0 Å². The minimum Gasteiger partial charge on any atom is -0.395 e. The van der Waals surface area contributed by atoms with E-state index in [1.807, 2.05) is 42.5 Å². The van der Waals surface area contributed by atoms with Crippen LogP contribution in [-0.4, -0.2) is 24.3 Å². The molecule has 3 N–H and O–H groups in total. The third-order valence-electron chi connectivity index (χ3n) is 3.01. The SMILES string of the molecule is O=C(NCCO)NC(c1ccccc1)c1ccc(Cl)cc1. The molecule has 0 aromatic heterocycles. The highest BCUT2D eigenvalue weighted by Crippen LogP contribution is 2.23. The molecule has 5 heteroatoms. The van der Waals surface area contributed by atoms with Crippen LogP contribution in [0.5, 0.6) is 0 Å². The van der Waals surface area contributed by atoms with E-state index < -0.39 is 0 Å². The van der Waals surface area contributed by atoms with E-state index in [-0.39, 0.29) is 25.2 Å². The van der Waals surface area contributed by atoms with Crippen LogP contribution in [-0.2, 0) is 0 Å². The molecule has 2 aromatic carbocycles. The highest BCUT2D eigenvalue weighted by molar-refractivity contribution is 6.30. The van der Waals surface area contributed by atoms with Crippen molar-refractivity contribution in [2.24, 2.45) is 0 Å². The summed E-state index contributed by atoms with van der Waals surface area (Å²) in [6.07, 6.45) is 0. The lowest BCUT2D eigenvalue weighted by atomic mass is 9.99. The summed E-state index contributed by atoms with van der Waals surface area (Å²) in [4.78, 5) is 11.9. The third kappa shape index (κ3) is 4.48. The molecule has 2 aromatic rings. The van der Waals surface area contributed by atoms with Gasteiger partial charge in [-0.15, -0.1) is 0 Å². The number of amides is 2. The lowest BCUT2D eigenvalue weighted by molar-refractivity contribution is 0.232. The van der Waals surface area contributed by atoms with E-state index in [9.17, 15) is 4.79 Å². The molecular formula is C16H17ClN2O2. The Morgan fingerprint density at radius 1 is 1.05 bits per heavy atom. The first kappa shape index (κ1) is 15.4. The lowest BCUT2D eigenvalue weighted by Crippen LogP contribution is -2.39. The van der Waals surface area contributed by atoms with Gasteiger partial charge >= 0.3 is 6.03 Å². The Kier molecular flexibility index (Phi) is 5.60. The molecule has 0 aliphatic heterocycles. The molecule has 110 valence electrons. The number of hydrogen-bond acceptors (Lipinski definition) is 2. The molecule has 0 radical (unpaired) electrons. The van der Waals surface area contributed by atoms with Gasteiger partial charge in [-0.3, -0.25) is 0 Å². The van der Waals surface area contributed by atoms with Crippen LogP contribution < -0.4 is 10.6 Å². The van der Waals surface area contributed by atoms with Crippen LogP contribution in [0.1, 0.15) is 17.2 Å². The normalized spacial score (nSPS) is 11.7. The van der Waals surface area contributed by atoms with Crippen molar-refractivity contribution in [3.05, 3.63) is 70.7 Å². The van der Waals surface area contributed by atoms with E-state index in [0.717, 1.165) is 11.1 Å². The minimum absolute atomic E-state index is 0.0929. The van der Waals surface area contributed by atoms with Gasteiger partial charge < -0.3 is 15.7 Å². The summed E-state index contributed by atoms with van der Waals surface area (Å²) in [6.45, 7) is 0.123. The van der Waals surface area contributed by atoms with Crippen molar-refractivity contribution in [1.29, 1.82) is 0 Å². The molecule has 0 aliphatic rings. The topological polar surface area (TPSA) is 61.4 Å². The minimum atomic E-state index is -0.326. The van der Waals surface area contributed by atoms with Crippen LogP contribution in [0, 0.1) is 0 Å². The summed E-state index contributed by atoms with van der Waals surface area (Å²) in [6, 6.07) is 16.4. The van der Waals surface area contributed by atoms with Gasteiger partial charge in [0.1, 0.15) is 0 Å². The maximum Gasteiger partial charge on any atom is 0.315 e. The Morgan fingerprint density at radius 2 is 1.67 bits per heavy atom. The molecule has 2 amide bonds. The molecule has 0 bridgehead atoms. The van der Waals surface area contributed by atoms with Gasteiger partial charge in [0.15, 0.2) is 0 Å². The Morgan fingerprint density at radius 3 is 2.29 bits per heavy atom. The summed E-state index contributed by atoms with van der Waals surface area (Å²) in [7, 11) is 0. The molecule has 0 spiro atoms. The second-order valence-electron chi connectivity index (χ2n) is 4.52. The van der Waals surface area contributed by atoms with Gasteiger partial charge in [-0.25, -0.2) is 4.79 Å². The van der Waals surface area contributed by atoms with Crippen LogP contribution in [0.25, 0.3) is 0 Å². The summed E-state index contributed by atoms with van der Waals surface area (Å²) < 4.78 is 0. The van der Waals surface area contributed by atoms with Gasteiger partial charge in [0, 0.05) is 11.6 Å². The van der Waals surface area contributed by atoms with Crippen LogP contribution in [0.4, 0.5) is 4.79 Å². The maximum atomic E-state index is 11.9. The Bertz CT molecular complexity index is 573. The van der Waals surface area contributed by atoms with Crippen molar-refractivity contribution in [2.75, 3.05) is 13.2 Å². The maximum absolute atomic E-state index is 11.9. The molecule has 0 fully saturated rings. The molecule has 1 unspecified atom stereocenters. The predicted molar refractivity (Wildman–Crippen MR) is 83.4 cm³/mol. The number of halogens is 1. The quantitative estimate of drug-likeness (QED) is 0.795. The van der Waals surface area contributed by atoms with Crippen molar-refractivity contribution in [3.63, 3.8) is 0 Å². The summed E-state index contributed by atoms with van der Waals surface area (Å²) in [5, 5.41) is 14.9. The number of carbonyl (C=O) groups excluding carboxylic acids is 1. The van der Waals surface area contributed by atoms with E-state index in [2.05, 4.69) is 10.6 Å². The third-order valence-corrected chi connectivity index (χ3v) is 3.26. The lowest BCUT2D eigenvalue weighted by Gasteiger charge is -2.20. The van der Waals surface area contributed by atoms with E-state index in [4.69, 9.17) is 16.7 Å². The van der Waals surface area contributed by atoms with Crippen molar-refractivity contribution < 1.29 is 9.90 Å². The molecule has 0 heterocycles. The zero-order valence-corrected chi connectivity index (χ0v) is 12.2. The Hall–Kier alpha value is -2.04. The summed E-state index contributed by atoms with van der Waals surface area (Å²) >= 11 is 5.91. The average molecular weight is 305 g/mol. The second-order valence-corrected chi connectivity index (χ2v) is 4.96. The molecule has 21 heavy (non-hydrogen) atoms. The van der Waals surface area contributed by atoms with Gasteiger partial charge in [0.25, 0.3) is 0 Å². The van der Waals surface area contributed by atoms with E-state index >= 15 is 0 Å². The van der Waals surface area contributed by atoms with Gasteiger partial charge in [-0.1, -0.05) is 54.1 Å². The number of aliphatic hydroxyl groups excluding tert-OH is 1. The highest BCUT2D eigenvalue weighted by atomic mass is 35.5. The fourth-order valence-electron chi connectivity index (χ4n) is 2.01. The largest absolute Gasteiger partial charge is 0.395 e. The Balaban J connectivity index is 2.22. The molecule has 1 atom stereocenters. The number of rotatable bonds is 5. The fraction of sp³-hybridized carbons (Fsp3) is 0.188. The van der Waals surface area contributed by atoms with Gasteiger partial charge in [0.05, 0.1) is 12.6 Å². The molecule has 0 saturated carbocycles. The molecule has 4 nitrogen and oxygen atoms in total. The molecule has 0 saturated heterocycles. The number of benzene rings is 2. The summed E-state index contributed by atoms with van der Waals surface area (Å²) in [5.74, 6) is 0. The highest BCUT2D eigenvalue weighted by Gasteiger charge is 2.16. The van der Waals surface area contributed by atoms with Crippen LogP contribution in [0.2, 0.25) is 5.02 Å². The van der Waals surface area contributed by atoms with Crippen LogP contribution in [0.15, 0.2) is 54.6 Å². The predicted octanol–water partition coefficient (Wildman–Crippen LogP) is 2.72. The van der Waals surface area contributed by atoms with Gasteiger partial charge in [0.2, 0.25) is 0 Å². The van der Waals surface area contributed by atoms with E-state index in [1.54, 1.807) is 12.1 Å². The van der Waals surface area contributed by atoms with Crippen LogP contribution in [0.3, 0.4) is 0 Å². The molecule has 0 aliphatic carbocycles. The Labute approximate surface area is 128 Å². The fourth-order valence-corrected chi connectivity index (χ4v) is 2.14. The van der Waals surface area contributed by atoms with E-state index in [0.29, 0.717) is 5.02 Å². The first-order valence-electron chi connectivity index (χ1n) is 6.66. The number of aliphatic hydroxyl groups is 1. The molecular weight excluding hydrogens is 288 g/mol. The zero-order chi connectivity index (χ0) is 15.1. The zero-order valence-electron chi connectivity index (χ0n) is 11.4. The van der Waals surface area contributed by atoms with Gasteiger partial charge in [-0.05, 0) is 23.3 Å². The number of nitrogens with one attached hydrogen (secondary N) is 2. The number of hydrogen-bond donors (Lipinski definition) is 3.